The summed E-state index contributed by atoms with van der Waals surface area (Å²) in [6.07, 6.45) is 2.51. The van der Waals surface area contributed by atoms with Crippen molar-refractivity contribution < 1.29 is 4.39 Å². The number of halogens is 2. The molecule has 1 unspecified atom stereocenters. The van der Waals surface area contributed by atoms with E-state index in [2.05, 4.69) is 19.1 Å². The highest BCUT2D eigenvalue weighted by Gasteiger charge is 2.09. The van der Waals surface area contributed by atoms with Gasteiger partial charge >= 0.3 is 0 Å². The summed E-state index contributed by atoms with van der Waals surface area (Å²) in [4.78, 5) is 0. The SMILES string of the molecule is Cc1ccccc1CCC(N)Cc1ccc(F)cc1Cl. The highest BCUT2D eigenvalue weighted by molar-refractivity contribution is 6.31. The molecule has 20 heavy (non-hydrogen) atoms. The summed E-state index contributed by atoms with van der Waals surface area (Å²) in [5.41, 5.74) is 9.68. The van der Waals surface area contributed by atoms with Gasteiger partial charge in [-0.05, 0) is 55.0 Å². The molecule has 3 heteroatoms. The average Bonchev–Trinajstić information content (AvgIpc) is 2.41. The van der Waals surface area contributed by atoms with Crippen molar-refractivity contribution in [2.45, 2.75) is 32.2 Å². The van der Waals surface area contributed by atoms with Gasteiger partial charge in [-0.25, -0.2) is 4.39 Å². The van der Waals surface area contributed by atoms with E-state index in [0.29, 0.717) is 11.4 Å². The van der Waals surface area contributed by atoms with Crippen LogP contribution in [0.1, 0.15) is 23.1 Å². The molecule has 0 heterocycles. The van der Waals surface area contributed by atoms with E-state index in [1.165, 1.54) is 23.3 Å². The van der Waals surface area contributed by atoms with Crippen LogP contribution in [0.5, 0.6) is 0 Å². The summed E-state index contributed by atoms with van der Waals surface area (Å²) in [6, 6.07) is 12.8. The van der Waals surface area contributed by atoms with Crippen LogP contribution in [0.25, 0.3) is 0 Å². The summed E-state index contributed by atoms with van der Waals surface area (Å²) >= 11 is 6.02. The second-order valence-corrected chi connectivity index (χ2v) is 5.57. The topological polar surface area (TPSA) is 26.0 Å². The first-order valence-electron chi connectivity index (χ1n) is 6.80. The summed E-state index contributed by atoms with van der Waals surface area (Å²) < 4.78 is 13.0. The van der Waals surface area contributed by atoms with Gasteiger partial charge in [0.05, 0.1) is 0 Å². The molecule has 0 aliphatic heterocycles. The maximum absolute atomic E-state index is 13.0. The molecule has 2 rings (SSSR count). The Bertz CT molecular complexity index is 583. The number of nitrogens with two attached hydrogens (primary N) is 1. The van der Waals surface area contributed by atoms with Crippen molar-refractivity contribution in [1.82, 2.24) is 0 Å². The Hall–Kier alpha value is -1.38. The molecule has 106 valence electrons. The van der Waals surface area contributed by atoms with Crippen LogP contribution in [0.4, 0.5) is 4.39 Å². The predicted octanol–water partition coefficient (Wildman–Crippen LogP) is 4.29. The van der Waals surface area contributed by atoms with E-state index >= 15 is 0 Å². The molecule has 2 aromatic rings. The van der Waals surface area contributed by atoms with E-state index in [9.17, 15) is 4.39 Å². The zero-order valence-electron chi connectivity index (χ0n) is 11.6. The van der Waals surface area contributed by atoms with Gasteiger partial charge in [-0.15, -0.1) is 0 Å². The van der Waals surface area contributed by atoms with Crippen molar-refractivity contribution in [3.63, 3.8) is 0 Å². The van der Waals surface area contributed by atoms with Crippen LogP contribution in [0, 0.1) is 12.7 Å². The van der Waals surface area contributed by atoms with Crippen LogP contribution >= 0.6 is 11.6 Å². The van der Waals surface area contributed by atoms with E-state index in [0.717, 1.165) is 18.4 Å². The Kier molecular flexibility index (Phi) is 5.16. The molecule has 1 atom stereocenters. The third-order valence-corrected chi connectivity index (χ3v) is 3.89. The van der Waals surface area contributed by atoms with Gasteiger partial charge in [-0.2, -0.15) is 0 Å². The molecule has 0 aromatic heterocycles. The number of hydrogen-bond donors (Lipinski definition) is 1. The second-order valence-electron chi connectivity index (χ2n) is 5.17. The normalized spacial score (nSPS) is 12.4. The summed E-state index contributed by atoms with van der Waals surface area (Å²) in [7, 11) is 0. The molecular formula is C17H19ClFN. The monoisotopic (exact) mass is 291 g/mol. The lowest BCUT2D eigenvalue weighted by Crippen LogP contribution is -2.23. The lowest BCUT2D eigenvalue weighted by atomic mass is 9.97. The Labute approximate surface area is 124 Å². The molecule has 2 N–H and O–H groups in total. The highest BCUT2D eigenvalue weighted by Crippen LogP contribution is 2.20. The molecule has 0 saturated heterocycles. The smallest absolute Gasteiger partial charge is 0.124 e. The number of benzene rings is 2. The van der Waals surface area contributed by atoms with Gasteiger partial charge < -0.3 is 5.73 Å². The fraction of sp³-hybridized carbons (Fsp3) is 0.294. The van der Waals surface area contributed by atoms with E-state index in [-0.39, 0.29) is 11.9 Å². The average molecular weight is 292 g/mol. The summed E-state index contributed by atoms with van der Waals surface area (Å²) in [5, 5.41) is 0.455. The minimum atomic E-state index is -0.313. The van der Waals surface area contributed by atoms with Crippen LogP contribution in [0.3, 0.4) is 0 Å². The van der Waals surface area contributed by atoms with Gasteiger partial charge in [-0.3, -0.25) is 0 Å². The summed E-state index contributed by atoms with van der Waals surface area (Å²) in [5.74, 6) is -0.313. The molecule has 0 bridgehead atoms. The number of aryl methyl sites for hydroxylation is 2. The lowest BCUT2D eigenvalue weighted by molar-refractivity contribution is 0.604. The summed E-state index contributed by atoms with van der Waals surface area (Å²) in [6.45, 7) is 2.11. The quantitative estimate of drug-likeness (QED) is 0.874. The van der Waals surface area contributed by atoms with Gasteiger partial charge in [0.1, 0.15) is 5.82 Å². The van der Waals surface area contributed by atoms with Crippen LogP contribution < -0.4 is 5.73 Å². The molecule has 0 aliphatic rings. The molecule has 0 amide bonds. The van der Waals surface area contributed by atoms with E-state index < -0.39 is 0 Å². The Balaban J connectivity index is 1.92. The van der Waals surface area contributed by atoms with Crippen molar-refractivity contribution in [3.05, 3.63) is 70.0 Å². The maximum atomic E-state index is 13.0. The highest BCUT2D eigenvalue weighted by atomic mass is 35.5. The third kappa shape index (κ3) is 4.06. The Morgan fingerprint density at radius 2 is 1.90 bits per heavy atom. The predicted molar refractivity (Wildman–Crippen MR) is 82.6 cm³/mol. The van der Waals surface area contributed by atoms with Crippen LogP contribution in [-0.4, -0.2) is 6.04 Å². The van der Waals surface area contributed by atoms with Crippen molar-refractivity contribution in [3.8, 4) is 0 Å². The van der Waals surface area contributed by atoms with Gasteiger partial charge in [0.2, 0.25) is 0 Å². The van der Waals surface area contributed by atoms with E-state index in [4.69, 9.17) is 17.3 Å². The Morgan fingerprint density at radius 3 is 2.60 bits per heavy atom. The molecule has 0 radical (unpaired) electrons. The van der Waals surface area contributed by atoms with Crippen molar-refractivity contribution in [2.24, 2.45) is 5.73 Å². The second kappa shape index (κ2) is 6.87. The van der Waals surface area contributed by atoms with E-state index in [1.807, 2.05) is 12.1 Å². The van der Waals surface area contributed by atoms with Crippen LogP contribution in [-0.2, 0) is 12.8 Å². The standard InChI is InChI=1S/C17H19ClFN/c1-12-4-2-3-5-13(12)7-9-16(20)10-14-6-8-15(19)11-17(14)18/h2-6,8,11,16H,7,9-10,20H2,1H3. The van der Waals surface area contributed by atoms with Crippen molar-refractivity contribution in [2.75, 3.05) is 0 Å². The minimum absolute atomic E-state index is 0.0255. The first kappa shape index (κ1) is 15.0. The number of hydrogen-bond acceptors (Lipinski definition) is 1. The zero-order chi connectivity index (χ0) is 14.5. The molecule has 2 aromatic carbocycles. The Morgan fingerprint density at radius 1 is 1.15 bits per heavy atom. The third-order valence-electron chi connectivity index (χ3n) is 3.54. The van der Waals surface area contributed by atoms with Gasteiger partial charge in [0.15, 0.2) is 0 Å². The van der Waals surface area contributed by atoms with Crippen molar-refractivity contribution in [1.29, 1.82) is 0 Å². The first-order chi connectivity index (χ1) is 9.56. The fourth-order valence-corrected chi connectivity index (χ4v) is 2.55. The molecule has 1 nitrogen and oxygen atoms in total. The zero-order valence-corrected chi connectivity index (χ0v) is 12.3. The van der Waals surface area contributed by atoms with E-state index in [1.54, 1.807) is 6.07 Å². The molecule has 0 spiro atoms. The maximum Gasteiger partial charge on any atom is 0.124 e. The molecule has 0 fully saturated rings. The molecule has 0 aliphatic carbocycles. The van der Waals surface area contributed by atoms with Gasteiger partial charge in [-0.1, -0.05) is 41.9 Å². The van der Waals surface area contributed by atoms with Crippen LogP contribution in [0.2, 0.25) is 5.02 Å². The minimum Gasteiger partial charge on any atom is -0.327 e. The molecular weight excluding hydrogens is 273 g/mol. The van der Waals surface area contributed by atoms with Gasteiger partial charge in [0.25, 0.3) is 0 Å². The first-order valence-corrected chi connectivity index (χ1v) is 7.18. The lowest BCUT2D eigenvalue weighted by Gasteiger charge is -2.13. The van der Waals surface area contributed by atoms with Crippen molar-refractivity contribution >= 4 is 11.6 Å². The fourth-order valence-electron chi connectivity index (χ4n) is 2.30. The largest absolute Gasteiger partial charge is 0.327 e. The number of rotatable bonds is 5. The van der Waals surface area contributed by atoms with Crippen LogP contribution in [0.15, 0.2) is 42.5 Å². The van der Waals surface area contributed by atoms with Gasteiger partial charge in [0, 0.05) is 11.1 Å². The molecule has 0 saturated carbocycles.